The summed E-state index contributed by atoms with van der Waals surface area (Å²) in [5.41, 5.74) is 0.700. The number of nitrogens with zero attached hydrogens (tertiary/aromatic N) is 2. The summed E-state index contributed by atoms with van der Waals surface area (Å²) in [7, 11) is 0. The summed E-state index contributed by atoms with van der Waals surface area (Å²) in [5, 5.41) is 1.98. The van der Waals surface area contributed by atoms with Crippen LogP contribution in [0.25, 0.3) is 10.8 Å². The largest absolute Gasteiger partial charge is 0.440 e. The lowest BCUT2D eigenvalue weighted by molar-refractivity contribution is -0.130. The number of likely N-dealkylation sites (N-methyl/N-ethyl adjacent to an activating group) is 1. The molecule has 126 valence electrons. The number of carbonyl (C=O) groups is 1. The van der Waals surface area contributed by atoms with E-state index in [0.29, 0.717) is 30.4 Å². The Morgan fingerprint density at radius 3 is 2.83 bits per heavy atom. The highest BCUT2D eigenvalue weighted by Crippen LogP contribution is 2.27. The summed E-state index contributed by atoms with van der Waals surface area (Å²) >= 11 is 9.03. The molecule has 0 aliphatic rings. The highest BCUT2D eigenvalue weighted by molar-refractivity contribution is 7.16. The molecule has 0 aromatic carbocycles. The van der Waals surface area contributed by atoms with Crippen molar-refractivity contribution in [1.29, 1.82) is 0 Å². The molecule has 0 unspecified atom stereocenters. The van der Waals surface area contributed by atoms with Crippen LogP contribution in [-0.4, -0.2) is 22.3 Å². The van der Waals surface area contributed by atoms with Crippen LogP contribution in [0, 0.1) is 6.92 Å². The predicted molar refractivity (Wildman–Crippen MR) is 98.7 cm³/mol. The second-order valence-electron chi connectivity index (χ2n) is 5.29. The first-order valence-electron chi connectivity index (χ1n) is 7.59. The second-order valence-corrected chi connectivity index (χ2v) is 8.04. The lowest BCUT2D eigenvalue weighted by atomic mass is 10.2. The number of carbonyl (C=O) groups excluding carboxylic acids is 1. The molecule has 1 amide bonds. The van der Waals surface area contributed by atoms with E-state index in [-0.39, 0.29) is 12.3 Å². The van der Waals surface area contributed by atoms with Gasteiger partial charge in [0.25, 0.3) is 0 Å². The van der Waals surface area contributed by atoms with Crippen molar-refractivity contribution in [2.24, 2.45) is 0 Å². The fourth-order valence-electron chi connectivity index (χ4n) is 2.35. The fraction of sp³-hybridized carbons (Fsp3) is 0.294. The maximum Gasteiger partial charge on any atom is 0.236 e. The molecule has 0 radical (unpaired) electrons. The standard InChI is InChI=1S/C17H17ClN2O2S2/c1-3-20(10-12-6-7-15(18)24-12)16(21)9-13-11(2)22-17(19-13)14-5-4-8-23-14/h4-8H,3,9-10H2,1-2H3. The molecular formula is C17H17ClN2O2S2. The lowest BCUT2D eigenvalue weighted by Gasteiger charge is -2.19. The first-order valence-corrected chi connectivity index (χ1v) is 9.66. The van der Waals surface area contributed by atoms with Crippen molar-refractivity contribution >= 4 is 40.2 Å². The van der Waals surface area contributed by atoms with Crippen LogP contribution in [0.5, 0.6) is 0 Å². The van der Waals surface area contributed by atoms with Gasteiger partial charge >= 0.3 is 0 Å². The number of amides is 1. The summed E-state index contributed by atoms with van der Waals surface area (Å²) in [5.74, 6) is 1.32. The van der Waals surface area contributed by atoms with Crippen LogP contribution in [-0.2, 0) is 17.8 Å². The molecule has 0 aliphatic carbocycles. The maximum absolute atomic E-state index is 12.6. The van der Waals surface area contributed by atoms with E-state index in [1.807, 2.05) is 43.5 Å². The van der Waals surface area contributed by atoms with Crippen molar-refractivity contribution in [2.45, 2.75) is 26.8 Å². The maximum atomic E-state index is 12.6. The summed E-state index contributed by atoms with van der Waals surface area (Å²) < 4.78 is 6.45. The molecule has 0 atom stereocenters. The van der Waals surface area contributed by atoms with Gasteiger partial charge in [0.15, 0.2) is 0 Å². The zero-order valence-corrected chi connectivity index (χ0v) is 15.8. The van der Waals surface area contributed by atoms with E-state index in [2.05, 4.69) is 4.98 Å². The fourth-order valence-corrected chi connectivity index (χ4v) is 4.11. The summed E-state index contributed by atoms with van der Waals surface area (Å²) in [6, 6.07) is 7.73. The molecule has 0 saturated heterocycles. The van der Waals surface area contributed by atoms with E-state index in [4.69, 9.17) is 16.0 Å². The molecule has 0 fully saturated rings. The number of aryl methyl sites for hydroxylation is 1. The summed E-state index contributed by atoms with van der Waals surface area (Å²) in [6.45, 7) is 5.03. The number of hydrogen-bond acceptors (Lipinski definition) is 5. The average Bonchev–Trinajstić information content (AvgIpc) is 3.27. The van der Waals surface area contributed by atoms with Crippen LogP contribution in [0.3, 0.4) is 0 Å². The number of oxazole rings is 1. The van der Waals surface area contributed by atoms with Crippen LogP contribution in [0.15, 0.2) is 34.1 Å². The number of hydrogen-bond donors (Lipinski definition) is 0. The lowest BCUT2D eigenvalue weighted by Crippen LogP contribution is -2.31. The van der Waals surface area contributed by atoms with Crippen molar-refractivity contribution < 1.29 is 9.21 Å². The van der Waals surface area contributed by atoms with Crippen molar-refractivity contribution in [3.63, 3.8) is 0 Å². The minimum atomic E-state index is 0.0381. The Labute approximate surface area is 153 Å². The van der Waals surface area contributed by atoms with Gasteiger partial charge in [-0.1, -0.05) is 17.7 Å². The Bertz CT molecular complexity index is 824. The Kier molecular flexibility index (Phi) is 5.38. The zero-order valence-electron chi connectivity index (χ0n) is 13.4. The molecule has 0 N–H and O–H groups in total. The molecule has 0 bridgehead atoms. The van der Waals surface area contributed by atoms with E-state index in [1.165, 1.54) is 11.3 Å². The third-order valence-electron chi connectivity index (χ3n) is 3.65. The zero-order chi connectivity index (χ0) is 17.1. The number of thiophene rings is 2. The monoisotopic (exact) mass is 380 g/mol. The molecule has 3 heterocycles. The SMILES string of the molecule is CCN(Cc1ccc(Cl)s1)C(=O)Cc1nc(-c2cccs2)oc1C. The van der Waals surface area contributed by atoms with Gasteiger partial charge in [-0.3, -0.25) is 4.79 Å². The van der Waals surface area contributed by atoms with Gasteiger partial charge in [0.2, 0.25) is 11.8 Å². The minimum Gasteiger partial charge on any atom is -0.440 e. The quantitative estimate of drug-likeness (QED) is 0.603. The topological polar surface area (TPSA) is 46.3 Å². The van der Waals surface area contributed by atoms with Gasteiger partial charge in [0, 0.05) is 11.4 Å². The molecule has 3 rings (SSSR count). The van der Waals surface area contributed by atoms with Gasteiger partial charge < -0.3 is 9.32 Å². The number of aromatic nitrogens is 1. The third-order valence-corrected chi connectivity index (χ3v) is 5.73. The minimum absolute atomic E-state index is 0.0381. The Hall–Kier alpha value is -1.63. The van der Waals surface area contributed by atoms with Gasteiger partial charge in [-0.2, -0.15) is 0 Å². The normalized spacial score (nSPS) is 11.0. The van der Waals surface area contributed by atoms with Gasteiger partial charge in [-0.25, -0.2) is 4.98 Å². The van der Waals surface area contributed by atoms with Crippen LogP contribution < -0.4 is 0 Å². The van der Waals surface area contributed by atoms with Gasteiger partial charge in [0.05, 0.1) is 27.9 Å². The van der Waals surface area contributed by atoms with E-state index in [9.17, 15) is 4.79 Å². The summed E-state index contributed by atoms with van der Waals surface area (Å²) in [4.78, 5) is 21.0. The molecule has 0 spiro atoms. The van der Waals surface area contributed by atoms with Gasteiger partial charge in [-0.15, -0.1) is 22.7 Å². The third kappa shape index (κ3) is 3.88. The van der Waals surface area contributed by atoms with Crippen LogP contribution >= 0.6 is 34.3 Å². The predicted octanol–water partition coefficient (Wildman–Crippen LogP) is 5.02. The van der Waals surface area contributed by atoms with E-state index < -0.39 is 0 Å². The van der Waals surface area contributed by atoms with E-state index in [1.54, 1.807) is 16.2 Å². The second kappa shape index (κ2) is 7.51. The number of halogens is 1. The molecule has 3 aromatic heterocycles. The highest BCUT2D eigenvalue weighted by Gasteiger charge is 2.19. The van der Waals surface area contributed by atoms with Crippen molar-refractivity contribution in [2.75, 3.05) is 6.54 Å². The van der Waals surface area contributed by atoms with Crippen molar-refractivity contribution in [3.8, 4) is 10.8 Å². The van der Waals surface area contributed by atoms with Crippen molar-refractivity contribution in [1.82, 2.24) is 9.88 Å². The first kappa shape index (κ1) is 17.2. The van der Waals surface area contributed by atoms with Crippen LogP contribution in [0.2, 0.25) is 4.34 Å². The van der Waals surface area contributed by atoms with Gasteiger partial charge in [0.1, 0.15) is 5.76 Å². The van der Waals surface area contributed by atoms with E-state index >= 15 is 0 Å². The van der Waals surface area contributed by atoms with Crippen LogP contribution in [0.4, 0.5) is 0 Å². The Morgan fingerprint density at radius 1 is 1.38 bits per heavy atom. The molecule has 7 heteroatoms. The Morgan fingerprint density at radius 2 is 2.21 bits per heavy atom. The highest BCUT2D eigenvalue weighted by atomic mass is 35.5. The van der Waals surface area contributed by atoms with Gasteiger partial charge in [-0.05, 0) is 37.4 Å². The van der Waals surface area contributed by atoms with E-state index in [0.717, 1.165) is 14.1 Å². The summed E-state index contributed by atoms with van der Waals surface area (Å²) in [6.07, 6.45) is 0.244. The first-order chi connectivity index (χ1) is 11.6. The Balaban J connectivity index is 1.71. The molecule has 0 saturated carbocycles. The molecule has 24 heavy (non-hydrogen) atoms. The van der Waals surface area contributed by atoms with Crippen LogP contribution in [0.1, 0.15) is 23.3 Å². The van der Waals surface area contributed by atoms with Crippen molar-refractivity contribution in [3.05, 3.63) is 50.3 Å². The smallest absolute Gasteiger partial charge is 0.236 e. The number of rotatable bonds is 6. The molecular weight excluding hydrogens is 364 g/mol. The molecule has 3 aromatic rings. The average molecular weight is 381 g/mol. The molecule has 0 aliphatic heterocycles. The molecule has 4 nitrogen and oxygen atoms in total.